The van der Waals surface area contributed by atoms with Crippen LogP contribution in [0.3, 0.4) is 0 Å². The van der Waals surface area contributed by atoms with E-state index in [0.717, 1.165) is 12.1 Å². The van der Waals surface area contributed by atoms with Crippen molar-refractivity contribution in [3.05, 3.63) is 62.6 Å². The highest BCUT2D eigenvalue weighted by Crippen LogP contribution is 2.34. The minimum Gasteiger partial charge on any atom is -0.387 e. The average Bonchev–Trinajstić information content (AvgIpc) is 2.55. The molecule has 0 saturated carbocycles. The van der Waals surface area contributed by atoms with Gasteiger partial charge >= 0.3 is 6.18 Å². The zero-order valence-electron chi connectivity index (χ0n) is 13.4. The van der Waals surface area contributed by atoms with Crippen LogP contribution in [0.4, 0.5) is 13.2 Å². The largest absolute Gasteiger partial charge is 0.416 e. The molecule has 1 aromatic carbocycles. The van der Waals surface area contributed by atoms with Gasteiger partial charge in [-0.2, -0.15) is 18.3 Å². The van der Waals surface area contributed by atoms with Crippen LogP contribution in [0.2, 0.25) is 0 Å². The highest BCUT2D eigenvalue weighted by atomic mass is 19.4. The summed E-state index contributed by atoms with van der Waals surface area (Å²) in [5.74, 6) is -0.798. The summed E-state index contributed by atoms with van der Waals surface area (Å²) in [4.78, 5) is 23.9. The lowest BCUT2D eigenvalue weighted by Gasteiger charge is -2.18. The molecule has 2 aromatic rings. The van der Waals surface area contributed by atoms with Crippen molar-refractivity contribution in [2.75, 3.05) is 6.54 Å². The van der Waals surface area contributed by atoms with Crippen molar-refractivity contribution in [1.82, 2.24) is 15.5 Å². The average molecular weight is 355 g/mol. The molecule has 0 spiro atoms. The molecule has 0 bridgehead atoms. The number of halogens is 3. The van der Waals surface area contributed by atoms with Crippen LogP contribution in [0.5, 0.6) is 0 Å². The lowest BCUT2D eigenvalue weighted by molar-refractivity contribution is -0.139. The summed E-state index contributed by atoms with van der Waals surface area (Å²) in [6, 6.07) is 4.55. The van der Waals surface area contributed by atoms with E-state index in [1.165, 1.54) is 19.1 Å². The van der Waals surface area contributed by atoms with Gasteiger partial charge in [0.15, 0.2) is 0 Å². The summed E-state index contributed by atoms with van der Waals surface area (Å²) in [5, 5.41) is 18.2. The summed E-state index contributed by atoms with van der Waals surface area (Å²) in [7, 11) is 0. The molecule has 0 aliphatic carbocycles. The monoisotopic (exact) mass is 355 g/mol. The van der Waals surface area contributed by atoms with Gasteiger partial charge in [0.25, 0.3) is 11.5 Å². The third kappa shape index (κ3) is 4.05. The number of carbonyl (C=O) groups is 1. The Morgan fingerprint density at radius 3 is 2.60 bits per heavy atom. The van der Waals surface area contributed by atoms with Crippen molar-refractivity contribution < 1.29 is 23.1 Å². The van der Waals surface area contributed by atoms with E-state index in [4.69, 9.17) is 0 Å². The third-order valence-corrected chi connectivity index (χ3v) is 3.78. The van der Waals surface area contributed by atoms with Gasteiger partial charge in [-0.25, -0.2) is 5.10 Å². The van der Waals surface area contributed by atoms with E-state index in [2.05, 4.69) is 15.5 Å². The maximum atomic E-state index is 13.0. The number of hydrogen-bond donors (Lipinski definition) is 3. The zero-order valence-corrected chi connectivity index (χ0v) is 13.4. The number of amides is 1. The van der Waals surface area contributed by atoms with Crippen molar-refractivity contribution >= 4 is 5.91 Å². The fourth-order valence-electron chi connectivity index (χ4n) is 2.33. The van der Waals surface area contributed by atoms with E-state index in [0.29, 0.717) is 11.3 Å². The lowest BCUT2D eigenvalue weighted by Crippen LogP contribution is -2.34. The van der Waals surface area contributed by atoms with E-state index < -0.39 is 35.9 Å². The quantitative estimate of drug-likeness (QED) is 0.780. The number of aliphatic hydroxyl groups excluding tert-OH is 1. The van der Waals surface area contributed by atoms with Crippen LogP contribution in [0.1, 0.15) is 38.8 Å². The summed E-state index contributed by atoms with van der Waals surface area (Å²) in [5.41, 5.74) is -1.45. The van der Waals surface area contributed by atoms with E-state index in [1.54, 1.807) is 6.92 Å². The number of alkyl halides is 3. The molecule has 9 heteroatoms. The minimum absolute atomic E-state index is 0.191. The summed E-state index contributed by atoms with van der Waals surface area (Å²) in [6.07, 6.45) is -6.21. The van der Waals surface area contributed by atoms with E-state index >= 15 is 0 Å². The number of carbonyl (C=O) groups excluding carboxylic acids is 1. The Bertz CT molecular complexity index is 846. The van der Waals surface area contributed by atoms with Crippen molar-refractivity contribution in [2.45, 2.75) is 26.1 Å². The highest BCUT2D eigenvalue weighted by molar-refractivity contribution is 5.95. The highest BCUT2D eigenvalue weighted by Gasteiger charge is 2.34. The number of aryl methyl sites for hydroxylation is 1. The molecule has 0 saturated heterocycles. The fraction of sp³-hybridized carbons (Fsp3) is 0.312. The van der Waals surface area contributed by atoms with E-state index in [-0.39, 0.29) is 11.1 Å². The maximum absolute atomic E-state index is 13.0. The molecule has 0 aliphatic rings. The molecule has 1 atom stereocenters. The van der Waals surface area contributed by atoms with Crippen LogP contribution >= 0.6 is 0 Å². The van der Waals surface area contributed by atoms with Gasteiger partial charge in [-0.1, -0.05) is 18.2 Å². The van der Waals surface area contributed by atoms with Crippen molar-refractivity contribution in [3.8, 4) is 0 Å². The van der Waals surface area contributed by atoms with Crippen LogP contribution in [0.25, 0.3) is 0 Å². The Hall–Kier alpha value is -2.68. The van der Waals surface area contributed by atoms with Crippen molar-refractivity contribution in [3.63, 3.8) is 0 Å². The normalized spacial score (nSPS) is 12.7. The SMILES string of the molecule is Cc1n[nH]c(=O)c(C(=O)NCC(O)c2ccccc2C(F)(F)F)c1C. The van der Waals surface area contributed by atoms with Crippen molar-refractivity contribution in [2.24, 2.45) is 0 Å². The molecule has 0 aliphatic heterocycles. The second-order valence-electron chi connectivity index (χ2n) is 5.45. The Morgan fingerprint density at radius 1 is 1.32 bits per heavy atom. The van der Waals surface area contributed by atoms with E-state index in [1.807, 2.05) is 0 Å². The number of hydrogen-bond acceptors (Lipinski definition) is 4. The molecule has 25 heavy (non-hydrogen) atoms. The lowest BCUT2D eigenvalue weighted by atomic mass is 10.0. The number of nitrogens with zero attached hydrogens (tertiary/aromatic N) is 1. The smallest absolute Gasteiger partial charge is 0.387 e. The minimum atomic E-state index is -4.63. The molecular weight excluding hydrogens is 339 g/mol. The van der Waals surface area contributed by atoms with Gasteiger partial charge in [0.05, 0.1) is 17.4 Å². The molecule has 1 aromatic heterocycles. The Labute approximate surface area is 140 Å². The number of aromatic amines is 1. The van der Waals surface area contributed by atoms with Gasteiger partial charge < -0.3 is 10.4 Å². The molecule has 1 amide bonds. The molecule has 0 fully saturated rings. The fourth-order valence-corrected chi connectivity index (χ4v) is 2.33. The van der Waals surface area contributed by atoms with Crippen LogP contribution in [0.15, 0.2) is 29.1 Å². The van der Waals surface area contributed by atoms with Crippen LogP contribution in [0, 0.1) is 13.8 Å². The zero-order chi connectivity index (χ0) is 18.8. The molecule has 1 heterocycles. The van der Waals surface area contributed by atoms with Gasteiger partial charge in [-0.15, -0.1) is 0 Å². The van der Waals surface area contributed by atoms with Crippen LogP contribution in [-0.4, -0.2) is 27.8 Å². The molecule has 0 radical (unpaired) electrons. The van der Waals surface area contributed by atoms with Gasteiger partial charge in [0, 0.05) is 6.54 Å². The topological polar surface area (TPSA) is 95.1 Å². The molecule has 3 N–H and O–H groups in total. The number of rotatable bonds is 4. The Balaban J connectivity index is 2.19. The Morgan fingerprint density at radius 2 is 1.96 bits per heavy atom. The van der Waals surface area contributed by atoms with Gasteiger partial charge in [0.1, 0.15) is 5.56 Å². The predicted molar refractivity (Wildman–Crippen MR) is 83.1 cm³/mol. The number of H-pyrrole nitrogens is 1. The summed E-state index contributed by atoms with van der Waals surface area (Å²) < 4.78 is 38.9. The predicted octanol–water partition coefficient (Wildman–Crippen LogP) is 1.87. The first-order valence-corrected chi connectivity index (χ1v) is 7.31. The Kier molecular flexibility index (Phi) is 5.27. The molecule has 1 unspecified atom stereocenters. The van der Waals surface area contributed by atoms with Gasteiger partial charge in [-0.05, 0) is 31.0 Å². The molecule has 2 rings (SSSR count). The third-order valence-electron chi connectivity index (χ3n) is 3.78. The van der Waals surface area contributed by atoms with Crippen molar-refractivity contribution in [1.29, 1.82) is 0 Å². The first-order chi connectivity index (χ1) is 11.6. The van der Waals surface area contributed by atoms with Gasteiger partial charge in [-0.3, -0.25) is 9.59 Å². The van der Waals surface area contributed by atoms with Crippen LogP contribution in [-0.2, 0) is 6.18 Å². The first kappa shape index (κ1) is 18.7. The maximum Gasteiger partial charge on any atom is 0.416 e. The summed E-state index contributed by atoms with van der Waals surface area (Å²) >= 11 is 0. The van der Waals surface area contributed by atoms with E-state index in [9.17, 15) is 27.9 Å². The number of benzene rings is 1. The van der Waals surface area contributed by atoms with Gasteiger partial charge in [0.2, 0.25) is 0 Å². The second-order valence-corrected chi connectivity index (χ2v) is 5.45. The summed E-state index contributed by atoms with van der Waals surface area (Å²) in [6.45, 7) is 2.64. The molecule has 6 nitrogen and oxygen atoms in total. The number of aromatic nitrogens is 2. The standard InChI is InChI=1S/C16H16F3N3O3/c1-8-9(2)21-22-15(25)13(8)14(24)20-7-12(23)10-5-3-4-6-11(10)16(17,18)19/h3-6,12,23H,7H2,1-2H3,(H,20,24)(H,22,25). The first-order valence-electron chi connectivity index (χ1n) is 7.31. The second kappa shape index (κ2) is 7.06. The molecule has 134 valence electrons. The molecular formula is C16H16F3N3O3. The number of aliphatic hydroxyl groups is 1. The number of nitrogens with one attached hydrogen (secondary N) is 2. The van der Waals surface area contributed by atoms with Crippen LogP contribution < -0.4 is 10.9 Å².